The normalized spacial score (nSPS) is 15.4. The molecule has 0 radical (unpaired) electrons. The minimum atomic E-state index is -0.534. The Morgan fingerprint density at radius 1 is 1.47 bits per heavy atom. The van der Waals surface area contributed by atoms with Gasteiger partial charge in [-0.15, -0.1) is 0 Å². The van der Waals surface area contributed by atoms with Gasteiger partial charge >= 0.3 is 0 Å². The van der Waals surface area contributed by atoms with Crippen LogP contribution in [0.5, 0.6) is 0 Å². The number of H-pyrrole nitrogens is 1. The molecule has 0 aliphatic heterocycles. The Kier molecular flexibility index (Phi) is 4.04. The van der Waals surface area contributed by atoms with E-state index in [9.17, 15) is 9.59 Å². The maximum Gasteiger partial charge on any atom is 0.253 e. The van der Waals surface area contributed by atoms with Crippen molar-refractivity contribution in [3.05, 3.63) is 33.2 Å². The lowest BCUT2D eigenvalue weighted by Gasteiger charge is -2.15. The van der Waals surface area contributed by atoms with Gasteiger partial charge in [-0.05, 0) is 36.8 Å². The number of aromatic amines is 1. The molecular weight excluding hydrogens is 242 g/mol. The van der Waals surface area contributed by atoms with Crippen molar-refractivity contribution in [2.45, 2.75) is 45.7 Å². The van der Waals surface area contributed by atoms with Crippen molar-refractivity contribution < 1.29 is 4.79 Å². The lowest BCUT2D eigenvalue weighted by atomic mass is 10.0. The second-order valence-electron chi connectivity index (χ2n) is 5.47. The largest absolute Gasteiger partial charge is 0.350 e. The first-order valence-electron chi connectivity index (χ1n) is 6.76. The summed E-state index contributed by atoms with van der Waals surface area (Å²) in [4.78, 5) is 26.5. The first kappa shape index (κ1) is 13.8. The van der Waals surface area contributed by atoms with E-state index in [2.05, 4.69) is 10.3 Å². The molecule has 1 aliphatic carbocycles. The molecule has 1 aliphatic rings. The average molecular weight is 263 g/mol. The van der Waals surface area contributed by atoms with Crippen LogP contribution >= 0.6 is 0 Å². The highest BCUT2D eigenvalue weighted by molar-refractivity contribution is 5.81. The molecule has 4 N–H and O–H groups in total. The van der Waals surface area contributed by atoms with Gasteiger partial charge in [0.1, 0.15) is 0 Å². The fourth-order valence-electron chi connectivity index (χ4n) is 2.30. The molecule has 0 fully saturated rings. The number of nitrogens with one attached hydrogen (secondary N) is 2. The van der Waals surface area contributed by atoms with Crippen LogP contribution in [0, 0.1) is 5.92 Å². The zero-order valence-electron chi connectivity index (χ0n) is 11.5. The molecule has 1 amide bonds. The van der Waals surface area contributed by atoms with Gasteiger partial charge in [0.05, 0.1) is 6.04 Å². The highest BCUT2D eigenvalue weighted by atomic mass is 16.2. The van der Waals surface area contributed by atoms with Gasteiger partial charge in [-0.1, -0.05) is 13.8 Å². The Balaban J connectivity index is 2.04. The Labute approximate surface area is 112 Å². The third-order valence-corrected chi connectivity index (χ3v) is 3.64. The molecule has 0 aromatic carbocycles. The molecule has 0 spiro atoms. The van der Waals surface area contributed by atoms with Crippen molar-refractivity contribution in [2.24, 2.45) is 11.7 Å². The van der Waals surface area contributed by atoms with Crippen LogP contribution in [0.1, 0.15) is 37.1 Å². The number of rotatable bonds is 4. The second kappa shape index (κ2) is 5.57. The standard InChI is InChI=1S/C14H21N3O2/c1-8(2)12(15)14(19)16-7-10-6-9-4-3-5-11(9)17-13(10)18/h6,8,12H,3-5,7,15H2,1-2H3,(H,16,19)(H,17,18)/t12-/m1/s1. The molecule has 1 aromatic heterocycles. The summed E-state index contributed by atoms with van der Waals surface area (Å²) in [7, 11) is 0. The first-order valence-corrected chi connectivity index (χ1v) is 6.76. The number of aryl methyl sites for hydroxylation is 2. The van der Waals surface area contributed by atoms with Gasteiger partial charge in [0, 0.05) is 17.8 Å². The predicted octanol–water partition coefficient (Wildman–Crippen LogP) is 0.463. The third kappa shape index (κ3) is 3.04. The fraction of sp³-hybridized carbons (Fsp3) is 0.571. The average Bonchev–Trinajstić information content (AvgIpc) is 2.81. The Morgan fingerprint density at radius 2 is 2.21 bits per heavy atom. The summed E-state index contributed by atoms with van der Waals surface area (Å²) in [6, 6.07) is 1.37. The van der Waals surface area contributed by atoms with Crippen LogP contribution < -0.4 is 16.6 Å². The van der Waals surface area contributed by atoms with E-state index in [0.717, 1.165) is 25.0 Å². The zero-order chi connectivity index (χ0) is 14.0. The summed E-state index contributed by atoms with van der Waals surface area (Å²) in [5, 5.41) is 2.73. The molecule has 1 atom stereocenters. The van der Waals surface area contributed by atoms with Gasteiger partial charge < -0.3 is 16.0 Å². The van der Waals surface area contributed by atoms with Crippen molar-refractivity contribution in [3.8, 4) is 0 Å². The number of amides is 1. The van der Waals surface area contributed by atoms with Gasteiger partial charge in [-0.2, -0.15) is 0 Å². The number of carbonyl (C=O) groups excluding carboxylic acids is 1. The van der Waals surface area contributed by atoms with Crippen LogP contribution in [0.3, 0.4) is 0 Å². The smallest absolute Gasteiger partial charge is 0.253 e. The van der Waals surface area contributed by atoms with E-state index in [-0.39, 0.29) is 23.9 Å². The minimum Gasteiger partial charge on any atom is -0.350 e. The maximum absolute atomic E-state index is 11.9. The highest BCUT2D eigenvalue weighted by Gasteiger charge is 2.18. The summed E-state index contributed by atoms with van der Waals surface area (Å²) in [6.07, 6.45) is 3.02. The number of nitrogens with two attached hydrogens (primary N) is 1. The SMILES string of the molecule is CC(C)[C@@H](N)C(=O)NCc1cc2c([nH]c1=O)CCC2. The van der Waals surface area contributed by atoms with Crippen LogP contribution in [0.2, 0.25) is 0 Å². The Hall–Kier alpha value is -1.62. The summed E-state index contributed by atoms with van der Waals surface area (Å²) in [6.45, 7) is 4.03. The van der Waals surface area contributed by atoms with Crippen molar-refractivity contribution in [3.63, 3.8) is 0 Å². The molecule has 0 bridgehead atoms. The van der Waals surface area contributed by atoms with Gasteiger partial charge in [-0.3, -0.25) is 9.59 Å². The van der Waals surface area contributed by atoms with Crippen molar-refractivity contribution in [2.75, 3.05) is 0 Å². The van der Waals surface area contributed by atoms with Crippen LogP contribution in [0.15, 0.2) is 10.9 Å². The monoisotopic (exact) mass is 263 g/mol. The predicted molar refractivity (Wildman–Crippen MR) is 73.7 cm³/mol. The molecular formula is C14H21N3O2. The molecule has 2 rings (SSSR count). The lowest BCUT2D eigenvalue weighted by molar-refractivity contribution is -0.123. The van der Waals surface area contributed by atoms with Gasteiger partial charge in [0.15, 0.2) is 0 Å². The number of carbonyl (C=O) groups is 1. The number of pyridine rings is 1. The molecule has 19 heavy (non-hydrogen) atoms. The fourth-order valence-corrected chi connectivity index (χ4v) is 2.30. The second-order valence-corrected chi connectivity index (χ2v) is 5.47. The quantitative estimate of drug-likeness (QED) is 0.737. The Morgan fingerprint density at radius 3 is 2.89 bits per heavy atom. The van der Waals surface area contributed by atoms with Crippen LogP contribution in [0.25, 0.3) is 0 Å². The molecule has 0 saturated heterocycles. The molecule has 0 unspecified atom stereocenters. The number of hydrogen-bond donors (Lipinski definition) is 3. The van der Waals surface area contributed by atoms with Gasteiger partial charge in [0.2, 0.25) is 5.91 Å². The molecule has 5 nitrogen and oxygen atoms in total. The number of aromatic nitrogens is 1. The molecule has 1 aromatic rings. The van der Waals surface area contributed by atoms with E-state index < -0.39 is 6.04 Å². The summed E-state index contributed by atoms with van der Waals surface area (Å²) >= 11 is 0. The van der Waals surface area contributed by atoms with E-state index in [1.54, 1.807) is 0 Å². The van der Waals surface area contributed by atoms with E-state index in [1.165, 1.54) is 5.56 Å². The topological polar surface area (TPSA) is 88.0 Å². The molecule has 1 heterocycles. The van der Waals surface area contributed by atoms with E-state index in [4.69, 9.17) is 5.73 Å². The van der Waals surface area contributed by atoms with Gasteiger partial charge in [0.25, 0.3) is 5.56 Å². The van der Waals surface area contributed by atoms with Crippen LogP contribution in [-0.2, 0) is 24.2 Å². The number of fused-ring (bicyclic) bond motifs is 1. The summed E-state index contributed by atoms with van der Waals surface area (Å²) < 4.78 is 0. The third-order valence-electron chi connectivity index (χ3n) is 3.64. The highest BCUT2D eigenvalue weighted by Crippen LogP contribution is 2.18. The van der Waals surface area contributed by atoms with E-state index in [0.29, 0.717) is 5.56 Å². The summed E-state index contributed by atoms with van der Waals surface area (Å²) in [5.41, 5.74) is 8.48. The van der Waals surface area contributed by atoms with Crippen molar-refractivity contribution in [1.82, 2.24) is 10.3 Å². The number of hydrogen-bond acceptors (Lipinski definition) is 3. The molecule has 104 valence electrons. The van der Waals surface area contributed by atoms with Crippen molar-refractivity contribution >= 4 is 5.91 Å². The van der Waals surface area contributed by atoms with E-state index in [1.807, 2.05) is 19.9 Å². The summed E-state index contributed by atoms with van der Waals surface area (Å²) in [5.74, 6) is -0.131. The first-order chi connectivity index (χ1) is 8.99. The molecule has 0 saturated carbocycles. The minimum absolute atomic E-state index is 0.0818. The van der Waals surface area contributed by atoms with E-state index >= 15 is 0 Å². The zero-order valence-corrected chi connectivity index (χ0v) is 11.5. The maximum atomic E-state index is 11.9. The van der Waals surface area contributed by atoms with Crippen molar-refractivity contribution in [1.29, 1.82) is 0 Å². The lowest BCUT2D eigenvalue weighted by Crippen LogP contribution is -2.44. The van der Waals surface area contributed by atoms with Gasteiger partial charge in [-0.25, -0.2) is 0 Å². The molecule has 5 heteroatoms. The van der Waals surface area contributed by atoms with Crippen LogP contribution in [0.4, 0.5) is 0 Å². The Bertz CT molecular complexity index is 534. The van der Waals surface area contributed by atoms with Crippen LogP contribution in [-0.4, -0.2) is 16.9 Å².